The molecule has 3 N–H and O–H groups in total. The molecule has 124 valence electrons. The molecule has 0 radical (unpaired) electrons. The third-order valence-corrected chi connectivity index (χ3v) is 4.36. The van der Waals surface area contributed by atoms with Gasteiger partial charge < -0.3 is 10.1 Å². The molecule has 2 aromatic carbocycles. The lowest BCUT2D eigenvalue weighted by Gasteiger charge is -2.00. The van der Waals surface area contributed by atoms with Gasteiger partial charge in [-0.25, -0.2) is 5.43 Å². The van der Waals surface area contributed by atoms with Crippen molar-refractivity contribution in [2.24, 2.45) is 5.10 Å². The number of hydrazone groups is 1. The first-order chi connectivity index (χ1) is 12.1. The van der Waals surface area contributed by atoms with Crippen molar-refractivity contribution in [3.63, 3.8) is 0 Å². The molecule has 2 aromatic heterocycles. The Balaban J connectivity index is 1.63. The minimum atomic E-state index is -0.0367. The lowest BCUT2D eigenvalue weighted by Crippen LogP contribution is -1.99. The monoisotopic (exact) mass is 416 g/mol. The summed E-state index contributed by atoms with van der Waals surface area (Å²) in [4.78, 5) is 7.54. The van der Waals surface area contributed by atoms with Crippen molar-refractivity contribution in [3.05, 3.63) is 51.5 Å². The van der Waals surface area contributed by atoms with Crippen molar-refractivity contribution >= 4 is 61.8 Å². The molecule has 0 saturated carbocycles. The number of H-pyrrole nitrogens is 1. The molecule has 0 aliphatic rings. The van der Waals surface area contributed by atoms with Crippen LogP contribution in [0.25, 0.3) is 22.1 Å². The number of anilines is 1. The number of para-hydroxylation sites is 1. The zero-order valence-electron chi connectivity index (χ0n) is 12.5. The van der Waals surface area contributed by atoms with Gasteiger partial charge in [-0.3, -0.25) is 0 Å². The van der Waals surface area contributed by atoms with Gasteiger partial charge in [-0.2, -0.15) is 10.1 Å². The van der Waals surface area contributed by atoms with Gasteiger partial charge >= 0.3 is 0 Å². The van der Waals surface area contributed by atoms with E-state index in [1.54, 1.807) is 18.2 Å². The summed E-state index contributed by atoms with van der Waals surface area (Å²) >= 11 is 9.29. The van der Waals surface area contributed by atoms with Crippen LogP contribution in [-0.2, 0) is 0 Å². The van der Waals surface area contributed by atoms with E-state index in [2.05, 4.69) is 46.6 Å². The normalized spacial score (nSPS) is 11.6. The van der Waals surface area contributed by atoms with E-state index in [1.807, 2.05) is 18.2 Å². The van der Waals surface area contributed by atoms with Crippen LogP contribution in [0.1, 0.15) is 5.56 Å². The number of rotatable bonds is 3. The Morgan fingerprint density at radius 2 is 2.12 bits per heavy atom. The highest BCUT2D eigenvalue weighted by Gasteiger charge is 2.09. The van der Waals surface area contributed by atoms with E-state index in [1.165, 1.54) is 6.21 Å². The van der Waals surface area contributed by atoms with Crippen molar-refractivity contribution in [1.82, 2.24) is 20.2 Å². The van der Waals surface area contributed by atoms with E-state index in [0.29, 0.717) is 16.7 Å². The average Bonchev–Trinajstić information content (AvgIpc) is 2.95. The van der Waals surface area contributed by atoms with Crippen LogP contribution in [0.4, 0.5) is 5.95 Å². The van der Waals surface area contributed by atoms with Crippen molar-refractivity contribution < 1.29 is 5.11 Å². The molecule has 4 rings (SSSR count). The second-order valence-corrected chi connectivity index (χ2v) is 6.52. The molecular weight excluding hydrogens is 408 g/mol. The fraction of sp³-hybridized carbons (Fsp3) is 0. The summed E-state index contributed by atoms with van der Waals surface area (Å²) in [6.07, 6.45) is 1.43. The summed E-state index contributed by atoms with van der Waals surface area (Å²) < 4.78 is 0.954. The van der Waals surface area contributed by atoms with E-state index >= 15 is 0 Å². The Kier molecular flexibility index (Phi) is 3.98. The lowest BCUT2D eigenvalue weighted by molar-refractivity contribution is 0.475. The third kappa shape index (κ3) is 3.01. The van der Waals surface area contributed by atoms with Crippen LogP contribution in [0, 0.1) is 0 Å². The highest BCUT2D eigenvalue weighted by Crippen LogP contribution is 2.26. The molecule has 0 atom stereocenters. The number of hydrogen-bond donors (Lipinski definition) is 3. The highest BCUT2D eigenvalue weighted by atomic mass is 79.9. The summed E-state index contributed by atoms with van der Waals surface area (Å²) in [6, 6.07) is 10.8. The standard InChI is InChI=1S/C16H10BrClN6O/c17-9-4-5-12-10(6-9)13-15(20-12)21-16(24-22-13)23-19-7-8-2-1-3-11(18)14(8)25/h1-7,25H,(H2,20,21,23,24). The number of benzene rings is 2. The topological polar surface area (TPSA) is 99.1 Å². The number of nitrogens with one attached hydrogen (secondary N) is 2. The number of aromatic hydroxyl groups is 1. The summed E-state index contributed by atoms with van der Waals surface area (Å²) in [5.41, 5.74) is 5.37. The van der Waals surface area contributed by atoms with Gasteiger partial charge in [0, 0.05) is 20.9 Å². The first-order valence-corrected chi connectivity index (χ1v) is 8.37. The minimum absolute atomic E-state index is 0.0367. The number of halogens is 2. The maximum atomic E-state index is 9.84. The zero-order chi connectivity index (χ0) is 17.4. The molecule has 0 spiro atoms. The number of hydrogen-bond acceptors (Lipinski definition) is 6. The molecule has 25 heavy (non-hydrogen) atoms. The van der Waals surface area contributed by atoms with Crippen molar-refractivity contribution in [2.75, 3.05) is 5.43 Å². The van der Waals surface area contributed by atoms with Crippen molar-refractivity contribution in [2.45, 2.75) is 0 Å². The molecule has 0 saturated heterocycles. The first-order valence-electron chi connectivity index (χ1n) is 7.20. The molecule has 0 aliphatic heterocycles. The predicted octanol–water partition coefficient (Wildman–Crippen LogP) is 4.07. The Morgan fingerprint density at radius 1 is 1.24 bits per heavy atom. The Hall–Kier alpha value is -2.71. The maximum absolute atomic E-state index is 9.84. The summed E-state index contributed by atoms with van der Waals surface area (Å²) in [5.74, 6) is 0.196. The molecule has 0 aliphatic carbocycles. The number of phenols is 1. The van der Waals surface area contributed by atoms with Crippen molar-refractivity contribution in [1.29, 1.82) is 0 Å². The predicted molar refractivity (Wildman–Crippen MR) is 101 cm³/mol. The van der Waals surface area contributed by atoms with E-state index in [0.717, 1.165) is 15.4 Å². The number of nitrogens with zero attached hydrogens (tertiary/aromatic N) is 4. The van der Waals surface area contributed by atoms with Gasteiger partial charge in [0.2, 0.25) is 0 Å². The quantitative estimate of drug-likeness (QED) is 0.345. The molecule has 0 bridgehead atoms. The van der Waals surface area contributed by atoms with Gasteiger partial charge in [0.1, 0.15) is 11.3 Å². The molecular formula is C16H10BrClN6O. The SMILES string of the molecule is Oc1c(Cl)cccc1C=NNc1nnc2c(n1)[nH]c1ccc(Br)cc12. The van der Waals surface area contributed by atoms with Crippen LogP contribution in [0.5, 0.6) is 5.75 Å². The highest BCUT2D eigenvalue weighted by molar-refractivity contribution is 9.10. The molecule has 0 unspecified atom stereocenters. The largest absolute Gasteiger partial charge is 0.506 e. The Labute approximate surface area is 154 Å². The molecule has 0 fully saturated rings. The van der Waals surface area contributed by atoms with Crippen LogP contribution in [0.3, 0.4) is 0 Å². The van der Waals surface area contributed by atoms with Gasteiger partial charge in [0.15, 0.2) is 5.65 Å². The average molecular weight is 418 g/mol. The third-order valence-electron chi connectivity index (χ3n) is 3.56. The smallest absolute Gasteiger partial charge is 0.265 e. The fourth-order valence-corrected chi connectivity index (χ4v) is 2.93. The maximum Gasteiger partial charge on any atom is 0.265 e. The Morgan fingerprint density at radius 3 is 3.00 bits per heavy atom. The number of fused-ring (bicyclic) bond motifs is 3. The van der Waals surface area contributed by atoms with Gasteiger partial charge in [-0.15, -0.1) is 10.2 Å². The molecule has 2 heterocycles. The van der Waals surface area contributed by atoms with E-state index < -0.39 is 0 Å². The van der Waals surface area contributed by atoms with Gasteiger partial charge in [-0.05, 0) is 30.3 Å². The molecule has 9 heteroatoms. The molecule has 7 nitrogen and oxygen atoms in total. The second kappa shape index (κ2) is 6.30. The second-order valence-electron chi connectivity index (χ2n) is 5.20. The van der Waals surface area contributed by atoms with Gasteiger partial charge in [0.25, 0.3) is 5.95 Å². The van der Waals surface area contributed by atoms with E-state index in [9.17, 15) is 5.11 Å². The van der Waals surface area contributed by atoms with Gasteiger partial charge in [0.05, 0.1) is 11.2 Å². The number of aromatic amines is 1. The number of aromatic nitrogens is 4. The number of phenolic OH excluding ortho intramolecular Hbond substituents is 1. The van der Waals surface area contributed by atoms with Crippen LogP contribution >= 0.6 is 27.5 Å². The van der Waals surface area contributed by atoms with Crippen LogP contribution in [-0.4, -0.2) is 31.5 Å². The van der Waals surface area contributed by atoms with Crippen LogP contribution in [0.15, 0.2) is 46.0 Å². The summed E-state index contributed by atoms with van der Waals surface area (Å²) in [7, 11) is 0. The van der Waals surface area contributed by atoms with Crippen LogP contribution < -0.4 is 5.43 Å². The minimum Gasteiger partial charge on any atom is -0.506 e. The van der Waals surface area contributed by atoms with Crippen molar-refractivity contribution in [3.8, 4) is 5.75 Å². The van der Waals surface area contributed by atoms with Crippen LogP contribution in [0.2, 0.25) is 5.02 Å². The zero-order valence-corrected chi connectivity index (χ0v) is 14.9. The lowest BCUT2D eigenvalue weighted by atomic mass is 10.2. The first kappa shape index (κ1) is 15.8. The van der Waals surface area contributed by atoms with E-state index in [-0.39, 0.29) is 16.7 Å². The molecule has 0 amide bonds. The summed E-state index contributed by atoms with van der Waals surface area (Å²) in [6.45, 7) is 0. The summed E-state index contributed by atoms with van der Waals surface area (Å²) in [5, 5.41) is 23.3. The van der Waals surface area contributed by atoms with Gasteiger partial charge in [-0.1, -0.05) is 33.6 Å². The molecule has 4 aromatic rings. The Bertz CT molecular complexity index is 1130. The fourth-order valence-electron chi connectivity index (χ4n) is 2.39. The van der Waals surface area contributed by atoms with E-state index in [4.69, 9.17) is 11.6 Å².